The molecule has 3 heteroatoms. The van der Waals surface area contributed by atoms with E-state index in [4.69, 9.17) is 15.0 Å². The summed E-state index contributed by atoms with van der Waals surface area (Å²) < 4.78 is 0. The molecule has 0 spiro atoms. The second kappa shape index (κ2) is 11.0. The van der Waals surface area contributed by atoms with Crippen LogP contribution < -0.4 is 0 Å². The van der Waals surface area contributed by atoms with Crippen LogP contribution in [0.3, 0.4) is 0 Å². The molecule has 10 heavy (non-hydrogen) atoms. The smallest absolute Gasteiger partial charge is 0.300 e. The molecule has 0 aromatic rings. The normalized spacial score (nSPS) is 8.70. The molecule has 0 bridgehead atoms. The summed E-state index contributed by atoms with van der Waals surface area (Å²) in [5, 5.41) is 15.5. The summed E-state index contributed by atoms with van der Waals surface area (Å²) in [6.07, 6.45) is 4.68. The van der Waals surface area contributed by atoms with E-state index >= 15 is 0 Å². The summed E-state index contributed by atoms with van der Waals surface area (Å²) in [4.78, 5) is 9.00. The van der Waals surface area contributed by atoms with Gasteiger partial charge >= 0.3 is 0 Å². The van der Waals surface area contributed by atoms with Crippen molar-refractivity contribution in [3.63, 3.8) is 0 Å². The monoisotopic (exact) mass is 146 g/mol. The average Bonchev–Trinajstić information content (AvgIpc) is 1.82. The van der Waals surface area contributed by atoms with Crippen LogP contribution in [0, 0.1) is 0 Å². The Morgan fingerprint density at radius 1 is 1.50 bits per heavy atom. The first kappa shape index (κ1) is 11.9. The molecule has 60 valence electrons. The molecule has 3 nitrogen and oxygen atoms in total. The Morgan fingerprint density at radius 3 is 2.00 bits per heavy atom. The topological polar surface area (TPSA) is 57.5 Å². The second-order valence-electron chi connectivity index (χ2n) is 1.58. The molecule has 0 aliphatic rings. The van der Waals surface area contributed by atoms with Gasteiger partial charge in [-0.15, -0.1) is 0 Å². The SMILES string of the molecule is CC(=O)O.CC/C=C\CO. The van der Waals surface area contributed by atoms with Gasteiger partial charge in [0.2, 0.25) is 0 Å². The van der Waals surface area contributed by atoms with Crippen molar-refractivity contribution < 1.29 is 15.0 Å². The van der Waals surface area contributed by atoms with Crippen LogP contribution in [0.15, 0.2) is 12.2 Å². The molecular formula is C7H14O3. The molecular weight excluding hydrogens is 132 g/mol. The lowest BCUT2D eigenvalue weighted by atomic mass is 10.4. The molecule has 0 aliphatic carbocycles. The van der Waals surface area contributed by atoms with Crippen molar-refractivity contribution >= 4 is 5.97 Å². The minimum atomic E-state index is -0.833. The lowest BCUT2D eigenvalue weighted by Crippen LogP contribution is -1.78. The molecule has 0 saturated heterocycles. The number of rotatable bonds is 2. The van der Waals surface area contributed by atoms with Gasteiger partial charge in [0.05, 0.1) is 6.61 Å². The number of carboxylic acids is 1. The number of hydrogen-bond acceptors (Lipinski definition) is 2. The van der Waals surface area contributed by atoms with Crippen molar-refractivity contribution in [3.05, 3.63) is 12.2 Å². The van der Waals surface area contributed by atoms with E-state index in [1.54, 1.807) is 6.08 Å². The Bertz CT molecular complexity index is 87.0. The van der Waals surface area contributed by atoms with Gasteiger partial charge in [0.25, 0.3) is 5.97 Å². The number of carboxylic acid groups (broad SMARTS) is 1. The van der Waals surface area contributed by atoms with Crippen molar-refractivity contribution in [2.45, 2.75) is 20.3 Å². The first-order chi connectivity index (χ1) is 4.65. The standard InChI is InChI=1S/C5H10O.C2H4O2/c1-2-3-4-5-6;1-2(3)4/h3-4,6H,2,5H2,1H3;1H3,(H,3,4)/b4-3-;. The highest BCUT2D eigenvalue weighted by atomic mass is 16.4. The zero-order valence-corrected chi connectivity index (χ0v) is 6.37. The molecule has 0 amide bonds. The van der Waals surface area contributed by atoms with E-state index in [9.17, 15) is 0 Å². The molecule has 0 radical (unpaired) electrons. The van der Waals surface area contributed by atoms with E-state index in [1.807, 2.05) is 13.0 Å². The van der Waals surface area contributed by atoms with E-state index in [-0.39, 0.29) is 6.61 Å². The highest BCUT2D eigenvalue weighted by Crippen LogP contribution is 1.74. The third-order valence-electron chi connectivity index (χ3n) is 0.508. The van der Waals surface area contributed by atoms with Crippen LogP contribution in [-0.4, -0.2) is 22.8 Å². The predicted molar refractivity (Wildman–Crippen MR) is 39.8 cm³/mol. The highest BCUT2D eigenvalue weighted by molar-refractivity contribution is 5.62. The molecule has 0 unspecified atom stereocenters. The van der Waals surface area contributed by atoms with Gasteiger partial charge in [0.1, 0.15) is 0 Å². The second-order valence-corrected chi connectivity index (χ2v) is 1.58. The van der Waals surface area contributed by atoms with Gasteiger partial charge < -0.3 is 10.2 Å². The average molecular weight is 146 g/mol. The Balaban J connectivity index is 0. The molecule has 0 aromatic heterocycles. The third-order valence-corrected chi connectivity index (χ3v) is 0.508. The number of aliphatic hydroxyl groups excluding tert-OH is 1. The van der Waals surface area contributed by atoms with Crippen LogP contribution in [0.25, 0.3) is 0 Å². The zero-order chi connectivity index (χ0) is 8.41. The number of carbonyl (C=O) groups is 1. The summed E-state index contributed by atoms with van der Waals surface area (Å²) in [5.74, 6) is -0.833. The minimum Gasteiger partial charge on any atom is -0.481 e. The van der Waals surface area contributed by atoms with E-state index in [0.717, 1.165) is 13.3 Å². The molecule has 2 N–H and O–H groups in total. The fraction of sp³-hybridized carbons (Fsp3) is 0.571. The van der Waals surface area contributed by atoms with Crippen LogP contribution in [0.2, 0.25) is 0 Å². The first-order valence-corrected chi connectivity index (χ1v) is 3.10. The molecule has 0 atom stereocenters. The van der Waals surface area contributed by atoms with Crippen molar-refractivity contribution in [1.82, 2.24) is 0 Å². The Hall–Kier alpha value is -0.830. The summed E-state index contributed by atoms with van der Waals surface area (Å²) in [7, 11) is 0. The van der Waals surface area contributed by atoms with Gasteiger partial charge in [-0.25, -0.2) is 0 Å². The third kappa shape index (κ3) is 58.0. The maximum Gasteiger partial charge on any atom is 0.300 e. The predicted octanol–water partition coefficient (Wildman–Crippen LogP) is 1.04. The molecule has 0 fully saturated rings. The van der Waals surface area contributed by atoms with Crippen molar-refractivity contribution in [1.29, 1.82) is 0 Å². The zero-order valence-electron chi connectivity index (χ0n) is 6.37. The molecule has 0 aliphatic heterocycles. The molecule has 0 heterocycles. The van der Waals surface area contributed by atoms with Crippen molar-refractivity contribution in [2.75, 3.05) is 6.61 Å². The highest BCUT2D eigenvalue weighted by Gasteiger charge is 1.65. The van der Waals surface area contributed by atoms with E-state index in [2.05, 4.69) is 0 Å². The Morgan fingerprint density at radius 2 is 1.90 bits per heavy atom. The quantitative estimate of drug-likeness (QED) is 0.572. The van der Waals surface area contributed by atoms with Gasteiger partial charge in [0.15, 0.2) is 0 Å². The van der Waals surface area contributed by atoms with Crippen LogP contribution in [-0.2, 0) is 4.79 Å². The van der Waals surface area contributed by atoms with E-state index in [0.29, 0.717) is 0 Å². The largest absolute Gasteiger partial charge is 0.481 e. The lowest BCUT2D eigenvalue weighted by molar-refractivity contribution is -0.134. The number of hydrogen-bond donors (Lipinski definition) is 2. The summed E-state index contributed by atoms with van der Waals surface area (Å²) in [6, 6.07) is 0. The van der Waals surface area contributed by atoms with Crippen LogP contribution in [0.1, 0.15) is 20.3 Å². The van der Waals surface area contributed by atoms with Crippen LogP contribution in [0.5, 0.6) is 0 Å². The van der Waals surface area contributed by atoms with Gasteiger partial charge in [-0.2, -0.15) is 0 Å². The Kier molecular flexibility index (Phi) is 13.1. The molecule has 0 saturated carbocycles. The maximum atomic E-state index is 9.00. The van der Waals surface area contributed by atoms with Gasteiger partial charge in [-0.05, 0) is 6.42 Å². The first-order valence-electron chi connectivity index (χ1n) is 3.10. The summed E-state index contributed by atoms with van der Waals surface area (Å²) >= 11 is 0. The fourth-order valence-corrected chi connectivity index (χ4v) is 0.241. The Labute approximate surface area is 61.0 Å². The van der Waals surface area contributed by atoms with Crippen molar-refractivity contribution in [2.24, 2.45) is 0 Å². The van der Waals surface area contributed by atoms with E-state index in [1.165, 1.54) is 0 Å². The van der Waals surface area contributed by atoms with Gasteiger partial charge in [-0.3, -0.25) is 4.79 Å². The number of aliphatic hydroxyl groups is 1. The van der Waals surface area contributed by atoms with E-state index < -0.39 is 5.97 Å². The fourth-order valence-electron chi connectivity index (χ4n) is 0.241. The molecule has 0 aromatic carbocycles. The van der Waals surface area contributed by atoms with Gasteiger partial charge in [0, 0.05) is 6.92 Å². The van der Waals surface area contributed by atoms with Gasteiger partial charge in [-0.1, -0.05) is 19.1 Å². The maximum absolute atomic E-state index is 9.00. The van der Waals surface area contributed by atoms with Crippen LogP contribution in [0.4, 0.5) is 0 Å². The van der Waals surface area contributed by atoms with Crippen molar-refractivity contribution in [3.8, 4) is 0 Å². The lowest BCUT2D eigenvalue weighted by Gasteiger charge is -1.72. The number of aliphatic carboxylic acids is 1. The minimum absolute atomic E-state index is 0.174. The number of allylic oxidation sites excluding steroid dienone is 1. The summed E-state index contributed by atoms with van der Waals surface area (Å²) in [6.45, 7) is 3.29. The van der Waals surface area contributed by atoms with Crippen LogP contribution >= 0.6 is 0 Å². The summed E-state index contributed by atoms with van der Waals surface area (Å²) in [5.41, 5.74) is 0. The molecule has 0 rings (SSSR count).